The molecule has 4 aliphatic carbocycles. The molecule has 19 nitrogen and oxygen atoms in total. The van der Waals surface area contributed by atoms with E-state index in [4.69, 9.17) is 24.4 Å². The molecule has 4 aromatic rings. The van der Waals surface area contributed by atoms with Gasteiger partial charge < -0.3 is 40.2 Å². The molecule has 8 bridgehead atoms. The Kier molecular flexibility index (Phi) is 28.9. The Hall–Kier alpha value is -2.05. The molecule has 8 fully saturated rings. The summed E-state index contributed by atoms with van der Waals surface area (Å²) in [6.07, 6.45) is 27.7. The van der Waals surface area contributed by atoms with Crippen molar-refractivity contribution in [2.24, 2.45) is 34.0 Å². The number of halogens is 1. The maximum atomic E-state index is 14.2. The number of alkyl halides is 1. The molecule has 22 heteroatoms. The van der Waals surface area contributed by atoms with Crippen LogP contribution in [0.4, 0.5) is 0 Å². The molecule has 2 aromatic carbocycles. The third kappa shape index (κ3) is 17.8. The summed E-state index contributed by atoms with van der Waals surface area (Å²) in [4.78, 5) is 85.0. The minimum atomic E-state index is -0.843. The molecule has 10 atom stereocenters. The van der Waals surface area contributed by atoms with Gasteiger partial charge in [-0.15, -0.1) is 0 Å². The van der Waals surface area contributed by atoms with Gasteiger partial charge in [-0.05, 0) is 166 Å². The van der Waals surface area contributed by atoms with Crippen molar-refractivity contribution in [2.75, 3.05) is 13.2 Å². The van der Waals surface area contributed by atoms with Crippen LogP contribution >= 0.6 is 22.6 Å². The van der Waals surface area contributed by atoms with Crippen molar-refractivity contribution < 1.29 is 148 Å². The van der Waals surface area contributed by atoms with Gasteiger partial charge in [0.2, 0.25) is 11.4 Å². The van der Waals surface area contributed by atoms with Crippen LogP contribution in [0.15, 0.2) is 68.4 Å². The Balaban J connectivity index is 0.000000243. The maximum absolute atomic E-state index is 14.2. The number of rotatable bonds is 13. The number of hydrogen-bond acceptors (Lipinski definition) is 17. The van der Waals surface area contributed by atoms with Gasteiger partial charge >= 0.3 is 115 Å². The van der Waals surface area contributed by atoms with E-state index in [1.165, 1.54) is 116 Å². The minimum absolute atomic E-state index is 0. The topological polar surface area (TPSA) is 232 Å². The normalized spacial score (nSPS) is 28.6. The number of hydrogen-bond donors (Lipinski definition) is 1. The first kappa shape index (κ1) is 72.4. The largest absolute Gasteiger partial charge is 1.00 e. The summed E-state index contributed by atoms with van der Waals surface area (Å²) >= 11 is 2.34. The molecule has 0 amide bonds. The summed E-state index contributed by atoms with van der Waals surface area (Å²) in [5.74, 6) is 2.03. The standard InChI is InChI=1S/C32H44N4O4.C29H38N4O4.C3H7I.CH2O3.2K.H/c1-4-39-32(38)30(34-40-20(2)3)29-31(37)36(28-12-8-7-11-27(28)33-29)26-18-23-13-14-24(19-26)35(23)25-16-21-9-5-6-10-22(15-21)17-25;1-2-37-29(35)27(31-36)26-28(34)33(25-10-6-5-9-24(25)30-26)23-16-20-11-12-21(17-23)32(20)22-14-18-7-3-4-8-19(13-18)15-22;1-3(2)4;2-1-4-3;;;/h7-8,11-12,20-26H,4-6,9-10,13-19H2,1-3H3;5-6,9-10,18-23,36H,2-4,7-8,11-17H2,1H3;3H,1-2H3;1,3H;;;/q;;;;2*+1;-1/p-1/t21?,22?,23-,24+,25?,26?;18?,19?,20-,21+,22?,23?;;;;;. The molecule has 0 radical (unpaired) electrons. The van der Waals surface area contributed by atoms with Gasteiger partial charge in [0.15, 0.2) is 11.4 Å². The molecule has 6 heterocycles. The number of ether oxygens (including phenoxy) is 2. The first-order valence-corrected chi connectivity index (χ1v) is 33.1. The number of fused-ring (bicyclic) bond motifs is 10. The molecular weight excluding hydrogens is 1270 g/mol. The summed E-state index contributed by atoms with van der Waals surface area (Å²) < 4.78 is 14.8. The molecule has 4 aliphatic heterocycles. The van der Waals surface area contributed by atoms with E-state index in [1.54, 1.807) is 13.8 Å². The van der Waals surface area contributed by atoms with E-state index < -0.39 is 17.7 Å². The average Bonchev–Trinajstić information content (AvgIpc) is 1.57. The third-order valence-corrected chi connectivity index (χ3v) is 19.3. The van der Waals surface area contributed by atoms with Crippen LogP contribution in [0.2, 0.25) is 0 Å². The van der Waals surface area contributed by atoms with Crippen LogP contribution < -0.4 is 119 Å². The number of carbonyl (C=O) groups is 3. The fourth-order valence-electron chi connectivity index (χ4n) is 16.5. The predicted molar refractivity (Wildman–Crippen MR) is 334 cm³/mol. The second-order valence-electron chi connectivity index (χ2n) is 25.6. The zero-order valence-electron chi connectivity index (χ0n) is 53.7. The van der Waals surface area contributed by atoms with Crippen LogP contribution in [0.25, 0.3) is 22.1 Å². The summed E-state index contributed by atoms with van der Waals surface area (Å²) in [6.45, 7) is 11.5. The Labute approximate surface area is 613 Å². The number of aromatic nitrogens is 4. The number of carbonyl (C=O) groups excluding carboxylic acids is 3. The predicted octanol–water partition coefficient (Wildman–Crippen LogP) is 4.67. The first-order chi connectivity index (χ1) is 41.1. The average molecular weight is 1370 g/mol. The molecule has 12 rings (SSSR count). The monoisotopic (exact) mass is 1360 g/mol. The zero-order chi connectivity index (χ0) is 60.3. The Morgan fingerprint density at radius 2 is 0.943 bits per heavy atom. The van der Waals surface area contributed by atoms with E-state index in [1.807, 2.05) is 71.5 Å². The fraction of sp³-hybridized carbons (Fsp3) is 0.677. The third-order valence-electron chi connectivity index (χ3n) is 19.3. The van der Waals surface area contributed by atoms with E-state index in [0.29, 0.717) is 47.3 Å². The van der Waals surface area contributed by atoms with Crippen LogP contribution in [0, 0.1) is 23.7 Å². The Morgan fingerprint density at radius 1 is 0.598 bits per heavy atom. The second-order valence-corrected chi connectivity index (χ2v) is 28.1. The Morgan fingerprint density at radius 3 is 1.28 bits per heavy atom. The molecule has 466 valence electrons. The first-order valence-electron chi connectivity index (χ1n) is 31.9. The second kappa shape index (κ2) is 34.7. The Bertz CT molecular complexity index is 3080. The van der Waals surface area contributed by atoms with Crippen LogP contribution in [-0.2, 0) is 33.6 Å². The van der Waals surface area contributed by atoms with Crippen molar-refractivity contribution in [2.45, 2.75) is 241 Å². The number of esters is 2. The van der Waals surface area contributed by atoms with Crippen LogP contribution in [0.3, 0.4) is 0 Å². The van der Waals surface area contributed by atoms with E-state index in [0.717, 1.165) is 64.3 Å². The number of nitrogens with zero attached hydrogens (tertiary/aromatic N) is 8. The van der Waals surface area contributed by atoms with Gasteiger partial charge in [0.25, 0.3) is 17.6 Å². The van der Waals surface area contributed by atoms with Crippen molar-refractivity contribution in [1.29, 1.82) is 0 Å². The van der Waals surface area contributed by atoms with Crippen molar-refractivity contribution in [3.8, 4) is 0 Å². The molecule has 2 aromatic heterocycles. The number of oxime groups is 2. The van der Waals surface area contributed by atoms with Crippen molar-refractivity contribution in [1.82, 2.24) is 28.9 Å². The van der Waals surface area contributed by atoms with Crippen LogP contribution in [0.1, 0.15) is 208 Å². The van der Waals surface area contributed by atoms with Crippen molar-refractivity contribution >= 4 is 74.5 Å². The molecule has 8 aliphatic rings. The van der Waals surface area contributed by atoms with Gasteiger partial charge in [-0.2, -0.15) is 0 Å². The van der Waals surface area contributed by atoms with Gasteiger partial charge in [0.1, 0.15) is 6.10 Å². The number of benzene rings is 2. The van der Waals surface area contributed by atoms with E-state index in [2.05, 4.69) is 71.4 Å². The van der Waals surface area contributed by atoms with Crippen molar-refractivity contribution in [3.63, 3.8) is 0 Å². The molecular formula is C65H91IK2N8O11. The smallest absolute Gasteiger partial charge is 1.00 e. The van der Waals surface area contributed by atoms with E-state index in [-0.39, 0.29) is 170 Å². The van der Waals surface area contributed by atoms with Gasteiger partial charge in [0.05, 0.1) is 35.3 Å². The quantitative estimate of drug-likeness (QED) is 0.0221. The van der Waals surface area contributed by atoms with Crippen molar-refractivity contribution in [3.05, 3.63) is 80.6 Å². The van der Waals surface area contributed by atoms with Gasteiger partial charge in [-0.1, -0.05) is 122 Å². The van der Waals surface area contributed by atoms with E-state index >= 15 is 0 Å². The summed E-state index contributed by atoms with van der Waals surface area (Å²) in [7, 11) is 0. The minimum Gasteiger partial charge on any atom is -1.00 e. The van der Waals surface area contributed by atoms with Gasteiger partial charge in [0, 0.05) is 52.3 Å². The molecule has 4 saturated heterocycles. The SMILES string of the molecule is CC(C)I.CCOC(=O)C(=NO)c1nc2ccccc2n(C2C[C@H]3CC[C@@H](C2)N3C2CC3CCCCC(C3)C2)c1=O.CCOC(=O)C(=NOC(C)C)c1nc2ccccc2n(C2C[C@H]3CC[C@@H](C2)N3C2CC3CCCCC(C3)C2)c1=O.O=CO[O-].[H-].[K+].[K+]. The fourth-order valence-corrected chi connectivity index (χ4v) is 16.5. The molecule has 6 unspecified atom stereocenters. The molecule has 4 saturated carbocycles. The van der Waals surface area contributed by atoms with E-state index in [9.17, 15) is 24.4 Å². The molecule has 0 spiro atoms. The molecule has 87 heavy (non-hydrogen) atoms. The summed E-state index contributed by atoms with van der Waals surface area (Å²) in [6, 6.07) is 18.7. The zero-order valence-corrected chi connectivity index (χ0v) is 61.1. The summed E-state index contributed by atoms with van der Waals surface area (Å²) in [5, 5.41) is 25.3. The van der Waals surface area contributed by atoms with Crippen LogP contribution in [-0.4, -0.2) is 123 Å². The molecule has 1 N–H and O–H groups in total. The summed E-state index contributed by atoms with van der Waals surface area (Å²) in [5.41, 5.74) is 1.43. The number of para-hydroxylation sites is 4. The number of piperidine rings is 2. The van der Waals surface area contributed by atoms with Gasteiger partial charge in [-0.3, -0.25) is 24.2 Å². The van der Waals surface area contributed by atoms with Gasteiger partial charge in [-0.25, -0.2) is 19.6 Å². The maximum Gasteiger partial charge on any atom is 1.00 e. The van der Waals surface area contributed by atoms with Crippen LogP contribution in [0.5, 0.6) is 0 Å².